The predicted molar refractivity (Wildman–Crippen MR) is 74.4 cm³/mol. The van der Waals surface area contributed by atoms with Crippen molar-refractivity contribution in [2.75, 3.05) is 20.3 Å². The van der Waals surface area contributed by atoms with Crippen LogP contribution in [0.2, 0.25) is 0 Å². The van der Waals surface area contributed by atoms with Crippen LogP contribution >= 0.6 is 0 Å². The Labute approximate surface area is 121 Å². The second-order valence-electron chi connectivity index (χ2n) is 4.56. The summed E-state index contributed by atoms with van der Waals surface area (Å²) in [5, 5.41) is 10.4. The molecule has 1 atom stereocenters. The fraction of sp³-hybridized carbons (Fsp3) is 0.357. The van der Waals surface area contributed by atoms with E-state index in [0.29, 0.717) is 13.2 Å². The van der Waals surface area contributed by atoms with E-state index in [1.807, 2.05) is 6.92 Å². The molecule has 1 amide bonds. The molecule has 0 saturated carbocycles. The van der Waals surface area contributed by atoms with Gasteiger partial charge in [-0.3, -0.25) is 4.79 Å². The van der Waals surface area contributed by atoms with Gasteiger partial charge in [0.15, 0.2) is 5.69 Å². The number of methoxy groups -OCH3 is 1. The molecule has 2 aromatic rings. The van der Waals surface area contributed by atoms with Crippen LogP contribution in [0.15, 0.2) is 30.5 Å². The SMILES string of the molecule is COCCNC(=O)c1cn([C@@H](C)c2cccc(F)c2)nn1. The fourth-order valence-corrected chi connectivity index (χ4v) is 1.85. The molecule has 0 aliphatic carbocycles. The first-order valence-electron chi connectivity index (χ1n) is 6.56. The fourth-order valence-electron chi connectivity index (χ4n) is 1.85. The van der Waals surface area contributed by atoms with Gasteiger partial charge in [0.2, 0.25) is 0 Å². The Kier molecular flexibility index (Phi) is 4.99. The van der Waals surface area contributed by atoms with Gasteiger partial charge in [0.1, 0.15) is 5.82 Å². The molecule has 0 saturated heterocycles. The Bertz CT molecular complexity index is 615. The summed E-state index contributed by atoms with van der Waals surface area (Å²) in [6.07, 6.45) is 1.54. The molecular weight excluding hydrogens is 275 g/mol. The topological polar surface area (TPSA) is 69.0 Å². The molecule has 0 aliphatic heterocycles. The Morgan fingerprint density at radius 1 is 1.52 bits per heavy atom. The van der Waals surface area contributed by atoms with E-state index >= 15 is 0 Å². The van der Waals surface area contributed by atoms with E-state index in [1.165, 1.54) is 23.0 Å². The molecule has 0 spiro atoms. The molecule has 21 heavy (non-hydrogen) atoms. The number of hydrogen-bond acceptors (Lipinski definition) is 4. The van der Waals surface area contributed by atoms with E-state index in [1.54, 1.807) is 19.2 Å². The highest BCUT2D eigenvalue weighted by Gasteiger charge is 2.14. The molecule has 1 N–H and O–H groups in total. The van der Waals surface area contributed by atoms with E-state index in [0.717, 1.165) is 5.56 Å². The number of amides is 1. The van der Waals surface area contributed by atoms with Crippen molar-refractivity contribution in [2.24, 2.45) is 0 Å². The number of nitrogens with one attached hydrogen (secondary N) is 1. The first-order chi connectivity index (χ1) is 10.1. The summed E-state index contributed by atoms with van der Waals surface area (Å²) in [7, 11) is 1.56. The van der Waals surface area contributed by atoms with Crippen LogP contribution < -0.4 is 5.32 Å². The van der Waals surface area contributed by atoms with E-state index in [-0.39, 0.29) is 23.5 Å². The van der Waals surface area contributed by atoms with Crippen molar-refractivity contribution in [1.82, 2.24) is 20.3 Å². The van der Waals surface area contributed by atoms with Crippen LogP contribution in [0.5, 0.6) is 0 Å². The summed E-state index contributed by atoms with van der Waals surface area (Å²) in [6.45, 7) is 2.69. The molecule has 0 radical (unpaired) electrons. The van der Waals surface area contributed by atoms with Crippen molar-refractivity contribution in [1.29, 1.82) is 0 Å². The van der Waals surface area contributed by atoms with Crippen LogP contribution in [0.3, 0.4) is 0 Å². The third-order valence-corrected chi connectivity index (χ3v) is 3.06. The first-order valence-corrected chi connectivity index (χ1v) is 6.56. The highest BCUT2D eigenvalue weighted by molar-refractivity contribution is 5.91. The first kappa shape index (κ1) is 15.1. The minimum absolute atomic E-state index is 0.214. The maximum absolute atomic E-state index is 13.2. The van der Waals surface area contributed by atoms with E-state index < -0.39 is 0 Å². The van der Waals surface area contributed by atoms with Gasteiger partial charge in [-0.1, -0.05) is 17.3 Å². The van der Waals surface area contributed by atoms with Gasteiger partial charge in [-0.25, -0.2) is 9.07 Å². The van der Waals surface area contributed by atoms with E-state index in [2.05, 4.69) is 15.6 Å². The summed E-state index contributed by atoms with van der Waals surface area (Å²) < 4.78 is 19.6. The van der Waals surface area contributed by atoms with Crippen LogP contribution in [-0.4, -0.2) is 41.2 Å². The smallest absolute Gasteiger partial charge is 0.273 e. The number of halogens is 1. The second kappa shape index (κ2) is 6.94. The monoisotopic (exact) mass is 292 g/mol. The van der Waals surface area contributed by atoms with Gasteiger partial charge in [-0.2, -0.15) is 0 Å². The lowest BCUT2D eigenvalue weighted by molar-refractivity contribution is 0.0932. The summed E-state index contributed by atoms with van der Waals surface area (Å²) in [6, 6.07) is 6.04. The highest BCUT2D eigenvalue weighted by Crippen LogP contribution is 2.17. The molecule has 0 fully saturated rings. The van der Waals surface area contributed by atoms with Crippen molar-refractivity contribution in [3.05, 3.63) is 47.5 Å². The van der Waals surface area contributed by atoms with Gasteiger partial charge < -0.3 is 10.1 Å². The third kappa shape index (κ3) is 3.85. The molecule has 0 unspecified atom stereocenters. The minimum Gasteiger partial charge on any atom is -0.383 e. The Balaban J connectivity index is 2.07. The van der Waals surface area contributed by atoms with Crippen molar-refractivity contribution >= 4 is 5.91 Å². The number of carbonyl (C=O) groups excluding carboxylic acids is 1. The second-order valence-corrected chi connectivity index (χ2v) is 4.56. The molecule has 1 aromatic heterocycles. The lowest BCUT2D eigenvalue weighted by Gasteiger charge is -2.11. The number of hydrogen-bond donors (Lipinski definition) is 1. The number of benzene rings is 1. The standard InChI is InChI=1S/C14H17FN4O2/c1-10(11-4-3-5-12(15)8-11)19-9-13(17-18-19)14(20)16-6-7-21-2/h3-5,8-10H,6-7H2,1-2H3,(H,16,20)/t10-/m0/s1. The predicted octanol–water partition coefficient (Wildman–Crippen LogP) is 1.40. The summed E-state index contributed by atoms with van der Waals surface area (Å²) in [5.74, 6) is -0.623. The average Bonchev–Trinajstić information content (AvgIpc) is 2.96. The summed E-state index contributed by atoms with van der Waals surface area (Å²) in [5.41, 5.74) is 0.973. The Hall–Kier alpha value is -2.28. The average molecular weight is 292 g/mol. The molecule has 6 nitrogen and oxygen atoms in total. The van der Waals surface area contributed by atoms with Gasteiger partial charge >= 0.3 is 0 Å². The van der Waals surface area contributed by atoms with Crippen LogP contribution in [0.4, 0.5) is 4.39 Å². The zero-order valence-corrected chi connectivity index (χ0v) is 11.9. The van der Waals surface area contributed by atoms with Crippen molar-refractivity contribution in [3.8, 4) is 0 Å². The summed E-state index contributed by atoms with van der Waals surface area (Å²) in [4.78, 5) is 11.8. The zero-order chi connectivity index (χ0) is 15.2. The van der Waals surface area contributed by atoms with Gasteiger partial charge in [0.25, 0.3) is 5.91 Å². The Morgan fingerprint density at radius 2 is 2.33 bits per heavy atom. The van der Waals surface area contributed by atoms with E-state index in [9.17, 15) is 9.18 Å². The molecule has 2 rings (SSSR count). The van der Waals surface area contributed by atoms with Crippen LogP contribution in [0, 0.1) is 5.82 Å². The molecule has 1 heterocycles. The van der Waals surface area contributed by atoms with Gasteiger partial charge in [-0.05, 0) is 24.6 Å². The van der Waals surface area contributed by atoms with Crippen molar-refractivity contribution < 1.29 is 13.9 Å². The number of nitrogens with zero attached hydrogens (tertiary/aromatic N) is 3. The van der Waals surface area contributed by atoms with Crippen LogP contribution in [-0.2, 0) is 4.74 Å². The molecule has 112 valence electrons. The normalized spacial score (nSPS) is 12.1. The number of ether oxygens (including phenoxy) is 1. The lowest BCUT2D eigenvalue weighted by Crippen LogP contribution is -2.27. The Morgan fingerprint density at radius 3 is 3.05 bits per heavy atom. The van der Waals surface area contributed by atoms with Crippen molar-refractivity contribution in [3.63, 3.8) is 0 Å². The molecule has 7 heteroatoms. The maximum Gasteiger partial charge on any atom is 0.273 e. The number of carbonyl (C=O) groups is 1. The quantitative estimate of drug-likeness (QED) is 0.817. The number of aromatic nitrogens is 3. The molecular formula is C14H17FN4O2. The molecule has 1 aromatic carbocycles. The lowest BCUT2D eigenvalue weighted by atomic mass is 10.1. The van der Waals surface area contributed by atoms with E-state index in [4.69, 9.17) is 4.74 Å². The van der Waals surface area contributed by atoms with Gasteiger partial charge in [0, 0.05) is 13.7 Å². The van der Waals surface area contributed by atoms with Crippen LogP contribution in [0.1, 0.15) is 29.0 Å². The van der Waals surface area contributed by atoms with Crippen molar-refractivity contribution in [2.45, 2.75) is 13.0 Å². The zero-order valence-electron chi connectivity index (χ0n) is 11.9. The van der Waals surface area contributed by atoms with Gasteiger partial charge in [-0.15, -0.1) is 5.10 Å². The maximum atomic E-state index is 13.2. The highest BCUT2D eigenvalue weighted by atomic mass is 19.1. The third-order valence-electron chi connectivity index (χ3n) is 3.06. The molecule has 0 bridgehead atoms. The molecule has 0 aliphatic rings. The largest absolute Gasteiger partial charge is 0.383 e. The number of rotatable bonds is 6. The van der Waals surface area contributed by atoms with Gasteiger partial charge in [0.05, 0.1) is 18.8 Å². The summed E-state index contributed by atoms with van der Waals surface area (Å²) >= 11 is 0. The van der Waals surface area contributed by atoms with Crippen LogP contribution in [0.25, 0.3) is 0 Å². The minimum atomic E-state index is -0.315.